The third kappa shape index (κ3) is 4.47. The fourth-order valence-corrected chi connectivity index (χ4v) is 3.79. The number of ether oxygens (including phenoxy) is 3. The van der Waals surface area contributed by atoms with Crippen molar-refractivity contribution in [3.8, 4) is 22.6 Å². The van der Waals surface area contributed by atoms with E-state index in [9.17, 15) is 13.6 Å². The number of carbonyl (C=O) groups is 1. The molecule has 3 aromatic rings. The number of amides is 1. The molecule has 1 aliphatic rings. The van der Waals surface area contributed by atoms with Gasteiger partial charge in [0.25, 0.3) is 0 Å². The van der Waals surface area contributed by atoms with Gasteiger partial charge in [0.1, 0.15) is 24.2 Å². The Hall–Kier alpha value is -3.16. The lowest BCUT2D eigenvalue weighted by Gasteiger charge is -2.30. The predicted octanol–water partition coefficient (Wildman–Crippen LogP) is 5.68. The summed E-state index contributed by atoms with van der Waals surface area (Å²) in [5.74, 6) is 0.0989. The van der Waals surface area contributed by atoms with Crippen molar-refractivity contribution in [1.82, 2.24) is 0 Å². The van der Waals surface area contributed by atoms with Gasteiger partial charge in [0.15, 0.2) is 0 Å². The summed E-state index contributed by atoms with van der Waals surface area (Å²) in [5.41, 5.74) is 3.06. The highest BCUT2D eigenvalue weighted by Gasteiger charge is 2.31. The number of benzene rings is 3. The first-order valence-electron chi connectivity index (χ1n) is 9.39. The first-order chi connectivity index (χ1) is 15.0. The van der Waals surface area contributed by atoms with Crippen LogP contribution < -0.4 is 14.8 Å². The van der Waals surface area contributed by atoms with Crippen molar-refractivity contribution in [3.63, 3.8) is 0 Å². The number of halogens is 3. The van der Waals surface area contributed by atoms with E-state index in [1.54, 1.807) is 48.5 Å². The number of nitrogens with one attached hydrogen (secondary N) is 1. The summed E-state index contributed by atoms with van der Waals surface area (Å²) < 4.78 is 41.8. The lowest BCUT2D eigenvalue weighted by atomic mass is 9.88. The summed E-state index contributed by atoms with van der Waals surface area (Å²) >= 11 is 6.18. The van der Waals surface area contributed by atoms with Gasteiger partial charge in [-0.1, -0.05) is 35.9 Å². The van der Waals surface area contributed by atoms with Gasteiger partial charge >= 0.3 is 6.61 Å². The Bertz CT molecular complexity index is 1120. The van der Waals surface area contributed by atoms with Crippen molar-refractivity contribution in [3.05, 3.63) is 76.8 Å². The van der Waals surface area contributed by atoms with Gasteiger partial charge in [-0.2, -0.15) is 8.78 Å². The van der Waals surface area contributed by atoms with Crippen molar-refractivity contribution in [2.75, 3.05) is 19.0 Å². The number of hydrogen-bond acceptors (Lipinski definition) is 4. The van der Waals surface area contributed by atoms with Crippen LogP contribution in [0.5, 0.6) is 11.5 Å². The van der Waals surface area contributed by atoms with Gasteiger partial charge in [-0.05, 0) is 47.5 Å². The molecular formula is C23H18ClF2NO4. The van der Waals surface area contributed by atoms with Crippen LogP contribution in [-0.2, 0) is 9.53 Å². The quantitative estimate of drug-likeness (QED) is 0.530. The molecule has 5 nitrogen and oxygen atoms in total. The van der Waals surface area contributed by atoms with E-state index in [0.717, 1.165) is 5.56 Å². The van der Waals surface area contributed by atoms with Crippen molar-refractivity contribution >= 4 is 23.2 Å². The Morgan fingerprint density at radius 3 is 2.71 bits per heavy atom. The fraction of sp³-hybridized carbons (Fsp3) is 0.174. The highest BCUT2D eigenvalue weighted by Crippen LogP contribution is 2.49. The molecule has 31 heavy (non-hydrogen) atoms. The zero-order valence-corrected chi connectivity index (χ0v) is 17.2. The minimum Gasteiger partial charge on any atom is -0.480 e. The second-order valence-corrected chi connectivity index (χ2v) is 7.28. The number of carbonyl (C=O) groups excluding carboxylic acids is 1. The Kier molecular flexibility index (Phi) is 6.06. The summed E-state index contributed by atoms with van der Waals surface area (Å²) in [6.07, 6.45) is -0.567. The molecule has 0 aliphatic carbocycles. The summed E-state index contributed by atoms with van der Waals surface area (Å²) in [4.78, 5) is 12.0. The van der Waals surface area contributed by atoms with Crippen molar-refractivity contribution in [2.45, 2.75) is 12.7 Å². The maximum Gasteiger partial charge on any atom is 0.387 e. The number of hydrogen-bond donors (Lipinski definition) is 1. The normalized spacial score (nSPS) is 14.4. The van der Waals surface area contributed by atoms with Crippen LogP contribution in [0, 0.1) is 0 Å². The van der Waals surface area contributed by atoms with Crippen LogP contribution in [0.15, 0.2) is 60.7 Å². The number of methoxy groups -OCH3 is 1. The van der Waals surface area contributed by atoms with Crippen LogP contribution in [0.3, 0.4) is 0 Å². The average Bonchev–Trinajstić information content (AvgIpc) is 2.73. The molecule has 4 rings (SSSR count). The third-order valence-corrected chi connectivity index (χ3v) is 5.00. The van der Waals surface area contributed by atoms with E-state index in [1.807, 2.05) is 6.07 Å². The second-order valence-electron chi connectivity index (χ2n) is 6.84. The zero-order valence-electron chi connectivity index (χ0n) is 16.4. The first kappa shape index (κ1) is 21.1. The SMILES string of the molecule is COCC(=O)Nc1ccc2c(c1)C(c1cccc(Cl)c1)Oc1cccc(OC(F)F)c1-2. The van der Waals surface area contributed by atoms with Crippen LogP contribution in [-0.4, -0.2) is 26.2 Å². The Balaban J connectivity index is 1.85. The van der Waals surface area contributed by atoms with Crippen LogP contribution in [0.25, 0.3) is 11.1 Å². The third-order valence-electron chi connectivity index (χ3n) is 4.76. The molecule has 0 aromatic heterocycles. The zero-order chi connectivity index (χ0) is 22.0. The van der Waals surface area contributed by atoms with Crippen molar-refractivity contribution in [1.29, 1.82) is 0 Å². The Labute approximate surface area is 182 Å². The molecule has 1 unspecified atom stereocenters. The summed E-state index contributed by atoms with van der Waals surface area (Å²) in [6.45, 7) is -3.08. The van der Waals surface area contributed by atoms with Gasteiger partial charge in [0, 0.05) is 23.4 Å². The van der Waals surface area contributed by atoms with E-state index in [4.69, 9.17) is 25.8 Å². The Morgan fingerprint density at radius 1 is 1.16 bits per heavy atom. The maximum absolute atomic E-state index is 13.0. The van der Waals surface area contributed by atoms with Gasteiger partial charge in [-0.3, -0.25) is 4.79 Å². The van der Waals surface area contributed by atoms with E-state index in [0.29, 0.717) is 33.1 Å². The predicted molar refractivity (Wildman–Crippen MR) is 113 cm³/mol. The lowest BCUT2D eigenvalue weighted by Crippen LogP contribution is -2.19. The maximum atomic E-state index is 13.0. The van der Waals surface area contributed by atoms with Crippen molar-refractivity contribution < 1.29 is 27.8 Å². The van der Waals surface area contributed by atoms with E-state index in [1.165, 1.54) is 13.2 Å². The number of rotatable bonds is 6. The number of anilines is 1. The molecule has 1 atom stereocenters. The van der Waals surface area contributed by atoms with Gasteiger partial charge < -0.3 is 19.5 Å². The molecule has 0 bridgehead atoms. The van der Waals surface area contributed by atoms with Crippen molar-refractivity contribution in [2.24, 2.45) is 0 Å². The molecule has 1 amide bonds. The smallest absolute Gasteiger partial charge is 0.387 e. The molecule has 1 heterocycles. The topological polar surface area (TPSA) is 56.8 Å². The van der Waals surface area contributed by atoms with Crippen LogP contribution in [0.4, 0.5) is 14.5 Å². The number of fused-ring (bicyclic) bond motifs is 3. The van der Waals surface area contributed by atoms with Gasteiger partial charge in [-0.15, -0.1) is 0 Å². The van der Waals surface area contributed by atoms with Gasteiger partial charge in [0.05, 0.1) is 5.56 Å². The van der Waals surface area contributed by atoms with E-state index in [2.05, 4.69) is 5.32 Å². The largest absolute Gasteiger partial charge is 0.480 e. The molecule has 0 saturated carbocycles. The number of alkyl halides is 2. The van der Waals surface area contributed by atoms with Crippen LogP contribution in [0.2, 0.25) is 5.02 Å². The van der Waals surface area contributed by atoms with E-state index < -0.39 is 12.7 Å². The molecule has 0 radical (unpaired) electrons. The van der Waals surface area contributed by atoms with E-state index in [-0.39, 0.29) is 18.3 Å². The van der Waals surface area contributed by atoms with Gasteiger partial charge in [-0.25, -0.2) is 0 Å². The highest BCUT2D eigenvalue weighted by atomic mass is 35.5. The second kappa shape index (κ2) is 8.91. The molecule has 160 valence electrons. The first-order valence-corrected chi connectivity index (χ1v) is 9.77. The molecule has 1 aliphatic heterocycles. The Morgan fingerprint density at radius 2 is 1.97 bits per heavy atom. The molecule has 3 aromatic carbocycles. The molecule has 0 spiro atoms. The minimum atomic E-state index is -2.98. The molecule has 8 heteroatoms. The fourth-order valence-electron chi connectivity index (χ4n) is 3.59. The lowest BCUT2D eigenvalue weighted by molar-refractivity contribution is -0.119. The van der Waals surface area contributed by atoms with Gasteiger partial charge in [0.2, 0.25) is 5.91 Å². The minimum absolute atomic E-state index is 0.00876. The molecular weight excluding hydrogens is 428 g/mol. The molecule has 1 N–H and O–H groups in total. The molecule has 0 fully saturated rings. The summed E-state index contributed by atoms with van der Waals surface area (Å²) in [5, 5.41) is 3.29. The summed E-state index contributed by atoms with van der Waals surface area (Å²) in [7, 11) is 1.43. The standard InChI is InChI=1S/C23H18ClF2NO4/c1-29-12-20(28)27-15-8-9-16-17(11-15)22(13-4-2-5-14(24)10-13)30-18-6-3-7-19(21(16)18)31-23(25)26/h2-11,22-23H,12H2,1H3,(H,27,28). The van der Waals surface area contributed by atoms with E-state index >= 15 is 0 Å². The van der Waals surface area contributed by atoms with Crippen LogP contribution >= 0.6 is 11.6 Å². The summed E-state index contributed by atoms with van der Waals surface area (Å²) in [6, 6.07) is 17.1. The molecule has 0 saturated heterocycles. The highest BCUT2D eigenvalue weighted by molar-refractivity contribution is 6.30. The van der Waals surface area contributed by atoms with Crippen LogP contribution in [0.1, 0.15) is 17.2 Å². The monoisotopic (exact) mass is 445 g/mol. The average molecular weight is 446 g/mol.